The molecule has 30 heteroatoms. The van der Waals surface area contributed by atoms with E-state index in [1.807, 2.05) is 0 Å². The van der Waals surface area contributed by atoms with Crippen LogP contribution in [-0.4, -0.2) is 134 Å². The number of aliphatic hydroxyl groups is 2. The molecule has 0 spiro atoms. The van der Waals surface area contributed by atoms with Crippen LogP contribution in [0.4, 0.5) is 101 Å². The molecule has 302 valence electrons. The Morgan fingerprint density at radius 3 is 1.14 bits per heavy atom. The third-order valence-corrected chi connectivity index (χ3v) is 8.24. The highest BCUT2D eigenvalue weighted by Gasteiger charge is 2.99. The largest absolute Gasteiger partial charge is 0.460 e. The van der Waals surface area contributed by atoms with E-state index in [0.717, 1.165) is 0 Å². The van der Waals surface area contributed by atoms with Gasteiger partial charge in [-0.1, -0.05) is 0 Å². The molecule has 0 fully saturated rings. The standard InChI is InChI=1S/C20H22F23N2O4S/c1-45(2,7-4-9(47)8-46)6-3-5-44-50(48,49)20(42,43)18(37,38)16(33,34)14(29,30)12(25,26)10(21,22)11(23,24)13(27,28)15(31,32)17(35,36)19(39,40)41/h9,44,46-47H,3-8H2,1-2H3/q+1. The van der Waals surface area contributed by atoms with E-state index in [2.05, 4.69) is 0 Å². The van der Waals surface area contributed by atoms with Gasteiger partial charge in [-0.3, -0.25) is 0 Å². The molecule has 0 aromatic rings. The van der Waals surface area contributed by atoms with Gasteiger partial charge in [-0.05, 0) is 0 Å². The zero-order valence-corrected chi connectivity index (χ0v) is 24.9. The fourth-order valence-corrected chi connectivity index (χ4v) is 4.48. The molecule has 0 amide bonds. The van der Waals surface area contributed by atoms with Crippen LogP contribution in [0.2, 0.25) is 0 Å². The van der Waals surface area contributed by atoms with Gasteiger partial charge in [0, 0.05) is 19.4 Å². The first-order valence-corrected chi connectivity index (χ1v) is 13.8. The molecular formula is C20H22F23N2O4S+. The number of sulfonamides is 1. The predicted octanol–water partition coefficient (Wildman–Crippen LogP) is 5.99. The predicted molar refractivity (Wildman–Crippen MR) is 117 cm³/mol. The van der Waals surface area contributed by atoms with E-state index in [1.165, 1.54) is 14.1 Å². The van der Waals surface area contributed by atoms with Gasteiger partial charge < -0.3 is 14.7 Å². The fourth-order valence-electron chi connectivity index (χ4n) is 3.42. The maximum absolute atomic E-state index is 14.2. The average Bonchev–Trinajstić information content (AvgIpc) is 2.92. The second-order valence-electron chi connectivity index (χ2n) is 10.9. The minimum atomic E-state index is -9.58. The van der Waals surface area contributed by atoms with Crippen molar-refractivity contribution in [3.63, 3.8) is 0 Å². The molecule has 3 N–H and O–H groups in total. The van der Waals surface area contributed by atoms with E-state index in [4.69, 9.17) is 5.11 Å². The first kappa shape index (κ1) is 48.2. The van der Waals surface area contributed by atoms with Crippen molar-refractivity contribution in [1.29, 1.82) is 0 Å². The summed E-state index contributed by atoms with van der Waals surface area (Å²) in [5, 5.41) is 10.1. The number of quaternary nitrogens is 1. The lowest BCUT2D eigenvalue weighted by Gasteiger charge is -2.45. The van der Waals surface area contributed by atoms with Crippen LogP contribution in [0.1, 0.15) is 12.8 Å². The van der Waals surface area contributed by atoms with E-state index >= 15 is 0 Å². The van der Waals surface area contributed by atoms with Crippen molar-refractivity contribution in [1.82, 2.24) is 4.72 Å². The topological polar surface area (TPSA) is 86.6 Å². The van der Waals surface area contributed by atoms with E-state index in [0.29, 0.717) is 4.72 Å². The van der Waals surface area contributed by atoms with Crippen molar-refractivity contribution in [2.75, 3.05) is 40.3 Å². The summed E-state index contributed by atoms with van der Waals surface area (Å²) in [6.45, 7) is -2.82. The molecule has 1 atom stereocenters. The number of hydrogen-bond acceptors (Lipinski definition) is 4. The van der Waals surface area contributed by atoms with Crippen LogP contribution >= 0.6 is 0 Å². The fraction of sp³-hybridized carbons (Fsp3) is 1.00. The Hall–Kier alpha value is -1.82. The molecule has 6 nitrogen and oxygen atoms in total. The van der Waals surface area contributed by atoms with E-state index in [1.54, 1.807) is 0 Å². The third-order valence-electron chi connectivity index (χ3n) is 6.72. The number of nitrogens with one attached hydrogen (secondary N) is 1. The highest BCUT2D eigenvalue weighted by atomic mass is 32.2. The van der Waals surface area contributed by atoms with Gasteiger partial charge in [0.1, 0.15) is 0 Å². The zero-order chi connectivity index (χ0) is 41.0. The van der Waals surface area contributed by atoms with Gasteiger partial charge in [0.25, 0.3) is 10.0 Å². The summed E-state index contributed by atoms with van der Waals surface area (Å²) in [7, 11) is -5.07. The number of hydrogen-bond donors (Lipinski definition) is 3. The Labute approximate surface area is 263 Å². The van der Waals surface area contributed by atoms with Crippen LogP contribution in [0, 0.1) is 0 Å². The minimum absolute atomic E-state index is 0.101. The molecule has 0 saturated heterocycles. The highest BCUT2D eigenvalue weighted by molar-refractivity contribution is 7.90. The average molecular weight is 823 g/mol. The molecular weight excluding hydrogens is 801 g/mol. The number of aliphatic hydroxyl groups excluding tert-OH is 2. The monoisotopic (exact) mass is 823 g/mol. The van der Waals surface area contributed by atoms with Gasteiger partial charge >= 0.3 is 64.7 Å². The molecule has 0 saturated carbocycles. The van der Waals surface area contributed by atoms with Crippen molar-refractivity contribution < 1.29 is 124 Å². The Morgan fingerprint density at radius 2 is 0.840 bits per heavy atom. The van der Waals surface area contributed by atoms with Gasteiger partial charge in [0.15, 0.2) is 0 Å². The van der Waals surface area contributed by atoms with Crippen LogP contribution in [0.25, 0.3) is 0 Å². The first-order chi connectivity index (χ1) is 21.4. The maximum Gasteiger partial charge on any atom is 0.460 e. The lowest BCUT2D eigenvalue weighted by Crippen LogP contribution is -2.78. The van der Waals surface area contributed by atoms with Crippen LogP contribution in [0.5, 0.6) is 0 Å². The molecule has 0 rings (SSSR count). The normalized spacial score (nSPS) is 16.9. The molecule has 0 aliphatic heterocycles. The summed E-state index contributed by atoms with van der Waals surface area (Å²) < 4.78 is 334. The summed E-state index contributed by atoms with van der Waals surface area (Å²) in [5.74, 6) is -83.0. The van der Waals surface area contributed by atoms with Crippen molar-refractivity contribution >= 4 is 10.0 Å². The molecule has 0 aliphatic carbocycles. The summed E-state index contributed by atoms with van der Waals surface area (Å²) in [4.78, 5) is 0. The highest BCUT2D eigenvalue weighted by Crippen LogP contribution is 2.67. The van der Waals surface area contributed by atoms with Crippen LogP contribution in [0.15, 0.2) is 0 Å². The van der Waals surface area contributed by atoms with Crippen molar-refractivity contribution in [2.45, 2.75) is 83.7 Å². The van der Waals surface area contributed by atoms with Gasteiger partial charge in [-0.15, -0.1) is 0 Å². The molecule has 0 heterocycles. The van der Waals surface area contributed by atoms with Gasteiger partial charge in [0.2, 0.25) is 0 Å². The second kappa shape index (κ2) is 13.5. The van der Waals surface area contributed by atoms with Gasteiger partial charge in [-0.2, -0.15) is 101 Å². The Kier molecular flexibility index (Phi) is 13.1. The lowest BCUT2D eigenvalue weighted by molar-refractivity contribution is -0.891. The summed E-state index contributed by atoms with van der Waals surface area (Å²) >= 11 is 0. The number of halogens is 23. The van der Waals surface area contributed by atoms with Crippen LogP contribution in [-0.2, 0) is 10.0 Å². The first-order valence-electron chi connectivity index (χ1n) is 12.4. The summed E-state index contributed by atoms with van der Waals surface area (Å²) in [5.41, 5.74) is 0. The molecule has 0 aromatic carbocycles. The van der Waals surface area contributed by atoms with Crippen molar-refractivity contribution in [2.24, 2.45) is 0 Å². The van der Waals surface area contributed by atoms with E-state index in [-0.39, 0.29) is 17.4 Å². The second-order valence-corrected chi connectivity index (χ2v) is 12.8. The maximum atomic E-state index is 14.2. The van der Waals surface area contributed by atoms with E-state index in [9.17, 15) is 115 Å². The number of nitrogens with zero attached hydrogens (tertiary/aromatic N) is 1. The summed E-state index contributed by atoms with van der Waals surface area (Å²) in [6, 6.07) is 0. The summed E-state index contributed by atoms with van der Waals surface area (Å²) in [6.07, 6.45) is -10.5. The number of alkyl halides is 23. The smallest absolute Gasteiger partial charge is 0.394 e. The molecule has 0 aromatic heterocycles. The molecule has 50 heavy (non-hydrogen) atoms. The molecule has 0 radical (unpaired) electrons. The SMILES string of the molecule is C[N+](C)(CCCNS(=O)(=O)C(F)(F)C(F)(F)C(F)(F)C(F)(F)C(F)(F)C(F)(F)C(F)(F)C(F)(F)C(F)(F)C(F)(F)C(F)(F)F)CCC(O)CO. The quantitative estimate of drug-likeness (QED) is 0.0850. The van der Waals surface area contributed by atoms with Crippen LogP contribution in [0.3, 0.4) is 0 Å². The molecule has 1 unspecified atom stereocenters. The molecule has 0 bridgehead atoms. The van der Waals surface area contributed by atoms with Crippen LogP contribution < -0.4 is 4.72 Å². The molecule has 0 aliphatic rings. The number of rotatable bonds is 19. The zero-order valence-electron chi connectivity index (χ0n) is 24.1. The minimum Gasteiger partial charge on any atom is -0.394 e. The van der Waals surface area contributed by atoms with Gasteiger partial charge in [0.05, 0.1) is 39.9 Å². The van der Waals surface area contributed by atoms with Gasteiger partial charge in [-0.25, -0.2) is 13.1 Å². The Balaban J connectivity index is 6.76. The lowest BCUT2D eigenvalue weighted by atomic mass is 9.86. The van der Waals surface area contributed by atoms with Crippen molar-refractivity contribution in [3.8, 4) is 0 Å². The Morgan fingerprint density at radius 1 is 0.540 bits per heavy atom. The Bertz CT molecular complexity index is 1280. The van der Waals surface area contributed by atoms with Crippen molar-refractivity contribution in [3.05, 3.63) is 0 Å². The van der Waals surface area contributed by atoms with E-state index < -0.39 is 107 Å². The third kappa shape index (κ3) is 7.23.